The van der Waals surface area contributed by atoms with Crippen molar-refractivity contribution in [2.45, 2.75) is 44.4 Å². The normalized spacial score (nSPS) is 14.6. The smallest absolute Gasteiger partial charge is 0.314 e. The third-order valence-corrected chi connectivity index (χ3v) is 6.49. The Balaban J connectivity index is 1.67. The molecule has 0 radical (unpaired) electrons. The Labute approximate surface area is 197 Å². The number of nitrogens with one attached hydrogen (secondary N) is 1. The Bertz CT molecular complexity index is 1380. The average Bonchev–Trinajstić information content (AvgIpc) is 3.41. The first kappa shape index (κ1) is 23.6. The molecule has 0 spiro atoms. The van der Waals surface area contributed by atoms with E-state index in [4.69, 9.17) is 4.42 Å². The molecule has 178 valence electrons. The molecule has 8 nitrogen and oxygen atoms in total. The Morgan fingerprint density at radius 1 is 1.26 bits per heavy atom. The van der Waals surface area contributed by atoms with Crippen LogP contribution in [0, 0.1) is 5.82 Å². The number of fused-ring (bicyclic) bond motifs is 1. The van der Waals surface area contributed by atoms with E-state index in [9.17, 15) is 17.6 Å². The number of aromatic nitrogens is 3. The van der Waals surface area contributed by atoms with Crippen molar-refractivity contribution in [3.8, 4) is 5.69 Å². The Morgan fingerprint density at radius 3 is 2.62 bits per heavy atom. The molecule has 34 heavy (non-hydrogen) atoms. The number of hydrogen-bond acceptors (Lipinski definition) is 6. The number of halogens is 1. The number of nitrogens with zero attached hydrogens (tertiary/aromatic N) is 3. The van der Waals surface area contributed by atoms with E-state index in [0.29, 0.717) is 35.4 Å². The van der Waals surface area contributed by atoms with Gasteiger partial charge in [0.15, 0.2) is 0 Å². The van der Waals surface area contributed by atoms with Crippen molar-refractivity contribution in [1.29, 1.82) is 0 Å². The summed E-state index contributed by atoms with van der Waals surface area (Å²) in [6.45, 7) is 3.90. The fraction of sp³-hybridized carbons (Fsp3) is 0.292. The average molecular weight is 485 g/mol. The highest BCUT2D eigenvalue weighted by molar-refractivity contribution is 7.90. The molecule has 0 saturated heterocycles. The maximum Gasteiger partial charge on any atom is 0.314 e. The molecular formula is C24H25FN4O4S. The van der Waals surface area contributed by atoms with E-state index >= 15 is 0 Å². The molecule has 3 aromatic rings. The number of sulfone groups is 1. The lowest BCUT2D eigenvalue weighted by molar-refractivity contribution is -0.116. The number of rotatable bonds is 7. The first-order chi connectivity index (χ1) is 16.2. The summed E-state index contributed by atoms with van der Waals surface area (Å²) in [5.74, 6) is -0.675. The Hall–Kier alpha value is -3.53. The van der Waals surface area contributed by atoms with Crippen molar-refractivity contribution < 1.29 is 22.0 Å². The predicted molar refractivity (Wildman–Crippen MR) is 125 cm³/mol. The second-order valence-corrected chi connectivity index (χ2v) is 9.95. The predicted octanol–water partition coefficient (Wildman–Crippen LogP) is 4.25. The van der Waals surface area contributed by atoms with E-state index in [-0.39, 0.29) is 16.9 Å². The van der Waals surface area contributed by atoms with E-state index in [2.05, 4.69) is 15.4 Å². The van der Waals surface area contributed by atoms with Crippen molar-refractivity contribution >= 4 is 27.4 Å². The number of amides is 1. The molecule has 1 atom stereocenters. The van der Waals surface area contributed by atoms with Crippen LogP contribution in [-0.2, 0) is 14.6 Å². The number of benzene rings is 1. The largest absolute Gasteiger partial charge is 0.436 e. The van der Waals surface area contributed by atoms with E-state index in [1.807, 2.05) is 26.0 Å². The monoisotopic (exact) mass is 484 g/mol. The lowest BCUT2D eigenvalue weighted by Crippen LogP contribution is -2.29. The van der Waals surface area contributed by atoms with Crippen molar-refractivity contribution in [2.24, 2.45) is 0 Å². The van der Waals surface area contributed by atoms with Crippen LogP contribution < -0.4 is 5.32 Å². The summed E-state index contributed by atoms with van der Waals surface area (Å²) in [6, 6.07) is 5.46. The zero-order valence-corrected chi connectivity index (χ0v) is 19.9. The summed E-state index contributed by atoms with van der Waals surface area (Å²) >= 11 is 0. The molecule has 10 heteroatoms. The molecule has 1 amide bonds. The highest BCUT2D eigenvalue weighted by Crippen LogP contribution is 2.31. The van der Waals surface area contributed by atoms with Crippen LogP contribution in [0.15, 0.2) is 58.0 Å². The topological polar surface area (TPSA) is 107 Å². The minimum Gasteiger partial charge on any atom is -0.436 e. The quantitative estimate of drug-likeness (QED) is 0.537. The van der Waals surface area contributed by atoms with Crippen LogP contribution in [0.5, 0.6) is 0 Å². The molecule has 0 bridgehead atoms. The molecule has 1 N–H and O–H groups in total. The fourth-order valence-corrected chi connectivity index (χ4v) is 4.26. The third kappa shape index (κ3) is 4.72. The number of oxazole rings is 1. The summed E-state index contributed by atoms with van der Waals surface area (Å²) in [5, 5.41) is 7.02. The van der Waals surface area contributed by atoms with Gasteiger partial charge in [-0.3, -0.25) is 4.79 Å². The van der Waals surface area contributed by atoms with Gasteiger partial charge in [-0.2, -0.15) is 5.10 Å². The number of carbonyl (C=O) groups is 1. The molecule has 0 aliphatic heterocycles. The molecule has 0 saturated carbocycles. The van der Waals surface area contributed by atoms with Gasteiger partial charge in [0.1, 0.15) is 17.8 Å². The van der Waals surface area contributed by atoms with E-state index in [0.717, 1.165) is 23.9 Å². The lowest BCUT2D eigenvalue weighted by Gasteiger charge is -2.16. The molecule has 1 unspecified atom stereocenters. The minimum atomic E-state index is -3.60. The van der Waals surface area contributed by atoms with Crippen molar-refractivity contribution in [2.75, 3.05) is 6.26 Å². The highest BCUT2D eigenvalue weighted by Gasteiger charge is 2.26. The number of hydrogen-bond donors (Lipinski definition) is 1. The summed E-state index contributed by atoms with van der Waals surface area (Å²) in [7, 11) is -3.60. The van der Waals surface area contributed by atoms with Gasteiger partial charge in [-0.15, -0.1) is 0 Å². The molecule has 4 rings (SSSR count). The maximum atomic E-state index is 13.4. The highest BCUT2D eigenvalue weighted by atomic mass is 32.2. The number of carbonyl (C=O) groups excluding carboxylic acids is 1. The van der Waals surface area contributed by atoms with Gasteiger partial charge < -0.3 is 9.73 Å². The van der Waals surface area contributed by atoms with Crippen LogP contribution >= 0.6 is 0 Å². The zero-order chi connectivity index (χ0) is 24.5. The van der Waals surface area contributed by atoms with Gasteiger partial charge in [-0.25, -0.2) is 22.5 Å². The first-order valence-electron chi connectivity index (χ1n) is 10.9. The van der Waals surface area contributed by atoms with Gasteiger partial charge in [-0.1, -0.05) is 25.5 Å². The van der Waals surface area contributed by atoms with Crippen LogP contribution in [0.4, 0.5) is 4.39 Å². The van der Waals surface area contributed by atoms with E-state index in [1.165, 1.54) is 18.4 Å². The number of allylic oxidation sites excluding steroid dienone is 2. The summed E-state index contributed by atoms with van der Waals surface area (Å²) in [5.41, 5.74) is 3.97. The van der Waals surface area contributed by atoms with Crippen LogP contribution in [-0.4, -0.2) is 35.3 Å². The van der Waals surface area contributed by atoms with E-state index < -0.39 is 15.9 Å². The lowest BCUT2D eigenvalue weighted by atomic mass is 10.0. The zero-order valence-electron chi connectivity index (χ0n) is 19.1. The van der Waals surface area contributed by atoms with Crippen molar-refractivity contribution in [1.82, 2.24) is 20.1 Å². The minimum absolute atomic E-state index is 0.332. The van der Waals surface area contributed by atoms with Gasteiger partial charge in [0.05, 0.1) is 23.6 Å². The van der Waals surface area contributed by atoms with Gasteiger partial charge in [0, 0.05) is 17.4 Å². The van der Waals surface area contributed by atoms with Crippen molar-refractivity contribution in [3.63, 3.8) is 0 Å². The molecule has 2 heterocycles. The molecule has 0 fully saturated rings. The van der Waals surface area contributed by atoms with Gasteiger partial charge in [-0.05, 0) is 49.6 Å². The van der Waals surface area contributed by atoms with Crippen molar-refractivity contribution in [3.05, 3.63) is 71.1 Å². The standard InChI is InChI=1S/C24H25FN4O4S/c1-4-15-6-11-18(19-13-26-29(22(19)12-15)17-9-7-16(25)8-10-17)23(30)27-20(5-2)21-14-33-24(28-21)34(3,31)32/h7-14,20H,4-6H2,1-3H3,(H,27,30). The van der Waals surface area contributed by atoms with Crippen LogP contribution in [0.3, 0.4) is 0 Å². The summed E-state index contributed by atoms with van der Waals surface area (Å²) < 4.78 is 43.6. The summed E-state index contributed by atoms with van der Waals surface area (Å²) in [6.07, 6.45) is 9.63. The Kier molecular flexibility index (Phi) is 6.52. The molecule has 1 aromatic carbocycles. The van der Waals surface area contributed by atoms with Gasteiger partial charge in [0.2, 0.25) is 9.84 Å². The summed E-state index contributed by atoms with van der Waals surface area (Å²) in [4.78, 5) is 17.4. The molecular weight excluding hydrogens is 459 g/mol. The molecule has 2 aromatic heterocycles. The van der Waals surface area contributed by atoms with E-state index in [1.54, 1.807) is 23.0 Å². The fourth-order valence-electron chi connectivity index (χ4n) is 3.77. The van der Waals surface area contributed by atoms with Gasteiger partial charge >= 0.3 is 5.22 Å². The second-order valence-electron chi connectivity index (χ2n) is 8.05. The van der Waals surface area contributed by atoms with Gasteiger partial charge in [0.25, 0.3) is 5.91 Å². The van der Waals surface area contributed by atoms with Crippen LogP contribution in [0.25, 0.3) is 17.3 Å². The maximum absolute atomic E-state index is 13.4. The molecule has 1 aliphatic rings. The van der Waals surface area contributed by atoms with Crippen LogP contribution in [0.2, 0.25) is 0 Å². The first-order valence-corrected chi connectivity index (χ1v) is 12.8. The molecule has 1 aliphatic carbocycles. The third-order valence-electron chi connectivity index (χ3n) is 5.66. The van der Waals surface area contributed by atoms with Crippen LogP contribution in [0.1, 0.15) is 56.1 Å². The second kappa shape index (κ2) is 9.38. The Morgan fingerprint density at radius 2 is 2.00 bits per heavy atom. The SMILES string of the molecule is CCC1=Cc2c(cnn2-c2ccc(F)cc2)C(C(=O)NC(CC)c2coc(S(C)(=O)=O)n2)=CC1.